The Labute approximate surface area is 257 Å². The van der Waals surface area contributed by atoms with Gasteiger partial charge in [-0.1, -0.05) is 44.2 Å². The second-order valence-corrected chi connectivity index (χ2v) is 11.8. The Kier molecular flexibility index (Phi) is 7.86. The first-order valence-electron chi connectivity index (χ1n) is 15.0. The van der Waals surface area contributed by atoms with Gasteiger partial charge in [-0.25, -0.2) is 0 Å². The number of amides is 2. The van der Waals surface area contributed by atoms with Gasteiger partial charge in [-0.3, -0.25) is 24.4 Å². The molecule has 0 fully saturated rings. The van der Waals surface area contributed by atoms with E-state index in [9.17, 15) is 9.59 Å². The van der Waals surface area contributed by atoms with E-state index >= 15 is 0 Å². The molecule has 0 saturated carbocycles. The molecule has 6 rings (SSSR count). The number of carbonyl (C=O) groups is 2. The van der Waals surface area contributed by atoms with Crippen molar-refractivity contribution in [3.63, 3.8) is 0 Å². The van der Waals surface area contributed by atoms with Crippen molar-refractivity contribution < 1.29 is 9.59 Å². The normalized spacial score (nSPS) is 14.8. The van der Waals surface area contributed by atoms with Gasteiger partial charge in [0.1, 0.15) is 11.7 Å². The third-order valence-corrected chi connectivity index (χ3v) is 8.57. The van der Waals surface area contributed by atoms with Gasteiger partial charge in [0.25, 0.3) is 5.91 Å². The lowest BCUT2D eigenvalue weighted by atomic mass is 9.90. The molecular formula is C35H37N7O2. The fraction of sp³-hybridized carbons (Fsp3) is 0.286. The van der Waals surface area contributed by atoms with E-state index in [0.29, 0.717) is 17.3 Å². The maximum atomic E-state index is 14.0. The number of aromatic nitrogens is 5. The highest BCUT2D eigenvalue weighted by molar-refractivity contribution is 6.01. The number of pyridine rings is 1. The number of nitrogens with zero attached hydrogens (tertiary/aromatic N) is 4. The van der Waals surface area contributed by atoms with Crippen molar-refractivity contribution in [1.29, 1.82) is 0 Å². The van der Waals surface area contributed by atoms with Gasteiger partial charge < -0.3 is 10.6 Å². The average molecular weight is 588 g/mol. The lowest BCUT2D eigenvalue weighted by molar-refractivity contribution is -0.118. The summed E-state index contributed by atoms with van der Waals surface area (Å²) in [6.45, 7) is 8.22. The summed E-state index contributed by atoms with van der Waals surface area (Å²) in [5, 5.41) is 17.6. The Balaban J connectivity index is 1.31. The second-order valence-electron chi connectivity index (χ2n) is 11.8. The zero-order valence-electron chi connectivity index (χ0n) is 25.7. The van der Waals surface area contributed by atoms with Gasteiger partial charge in [0.05, 0.1) is 5.69 Å². The number of carbonyl (C=O) groups excluding carboxylic acids is 2. The Morgan fingerprint density at radius 2 is 1.70 bits per heavy atom. The number of fused-ring (bicyclic) bond motifs is 1. The van der Waals surface area contributed by atoms with E-state index in [2.05, 4.69) is 69.0 Å². The number of aromatic amines is 1. The van der Waals surface area contributed by atoms with Crippen LogP contribution in [0.25, 0.3) is 22.3 Å². The van der Waals surface area contributed by atoms with Gasteiger partial charge in [-0.2, -0.15) is 10.2 Å². The molecule has 2 aromatic carbocycles. The van der Waals surface area contributed by atoms with Crippen LogP contribution >= 0.6 is 0 Å². The van der Waals surface area contributed by atoms with E-state index in [1.165, 1.54) is 10.2 Å². The van der Waals surface area contributed by atoms with Crippen molar-refractivity contribution in [1.82, 2.24) is 30.3 Å². The van der Waals surface area contributed by atoms with Gasteiger partial charge in [-0.15, -0.1) is 0 Å². The quantitative estimate of drug-likeness (QED) is 0.203. The first-order chi connectivity index (χ1) is 21.2. The van der Waals surface area contributed by atoms with Crippen molar-refractivity contribution in [2.75, 3.05) is 5.32 Å². The Morgan fingerprint density at radius 3 is 2.39 bits per heavy atom. The van der Waals surface area contributed by atoms with Crippen LogP contribution < -0.4 is 10.6 Å². The van der Waals surface area contributed by atoms with Gasteiger partial charge in [0, 0.05) is 48.0 Å². The second kappa shape index (κ2) is 11.9. The number of benzene rings is 2. The summed E-state index contributed by atoms with van der Waals surface area (Å²) in [5.41, 5.74) is 10.5. The maximum absolute atomic E-state index is 14.0. The summed E-state index contributed by atoms with van der Waals surface area (Å²) in [4.78, 5) is 32.0. The highest BCUT2D eigenvalue weighted by Gasteiger charge is 2.36. The Hall–Kier alpha value is -5.05. The molecule has 3 N–H and O–H groups in total. The molecule has 1 aliphatic carbocycles. The molecule has 0 radical (unpaired) electrons. The number of rotatable bonds is 8. The van der Waals surface area contributed by atoms with Crippen LogP contribution in [-0.4, -0.2) is 42.8 Å². The highest BCUT2D eigenvalue weighted by atomic mass is 16.2. The maximum Gasteiger partial charge on any atom is 0.270 e. The number of anilines is 1. The molecular weight excluding hydrogens is 550 g/mol. The first-order valence-corrected chi connectivity index (χ1v) is 15.0. The minimum absolute atomic E-state index is 0.205. The van der Waals surface area contributed by atoms with Crippen LogP contribution in [0.15, 0.2) is 73.1 Å². The molecule has 3 heterocycles. The van der Waals surface area contributed by atoms with E-state index in [-0.39, 0.29) is 17.7 Å². The van der Waals surface area contributed by atoms with E-state index in [0.717, 1.165) is 57.7 Å². The molecule has 1 aliphatic rings. The fourth-order valence-corrected chi connectivity index (χ4v) is 6.18. The van der Waals surface area contributed by atoms with Crippen molar-refractivity contribution in [2.24, 2.45) is 7.05 Å². The summed E-state index contributed by atoms with van der Waals surface area (Å²) in [6.07, 6.45) is 5.00. The van der Waals surface area contributed by atoms with Gasteiger partial charge >= 0.3 is 0 Å². The SMILES string of the molecule is Cc1n[nH]c(C)c1-c1ccc(NC(=O)[C@@H](NC(=O)c2ccnn2C)[C@@H]2CCc3ccc(-c4ccnc(C(C)C)c4)cc32)cc1. The molecule has 9 heteroatoms. The van der Waals surface area contributed by atoms with Crippen LogP contribution in [0.1, 0.15) is 70.8 Å². The number of hydrogen-bond donors (Lipinski definition) is 3. The van der Waals surface area contributed by atoms with Crippen LogP contribution in [0.2, 0.25) is 0 Å². The van der Waals surface area contributed by atoms with Crippen LogP contribution in [-0.2, 0) is 18.3 Å². The van der Waals surface area contributed by atoms with Gasteiger partial charge in [0.2, 0.25) is 5.91 Å². The minimum Gasteiger partial charge on any atom is -0.338 e. The minimum atomic E-state index is -0.796. The third-order valence-electron chi connectivity index (χ3n) is 8.57. The molecule has 0 spiro atoms. The molecule has 224 valence electrons. The molecule has 0 aliphatic heterocycles. The summed E-state index contributed by atoms with van der Waals surface area (Å²) >= 11 is 0. The van der Waals surface area contributed by atoms with Crippen LogP contribution in [0.4, 0.5) is 5.69 Å². The molecule has 0 saturated heterocycles. The molecule has 2 atom stereocenters. The fourth-order valence-electron chi connectivity index (χ4n) is 6.18. The van der Waals surface area contributed by atoms with Crippen molar-refractivity contribution in [3.05, 3.63) is 107 Å². The summed E-state index contributed by atoms with van der Waals surface area (Å²) < 4.78 is 1.51. The van der Waals surface area contributed by atoms with Crippen LogP contribution in [0.3, 0.4) is 0 Å². The molecule has 44 heavy (non-hydrogen) atoms. The largest absolute Gasteiger partial charge is 0.338 e. The molecule has 0 unspecified atom stereocenters. The van der Waals surface area contributed by atoms with Crippen molar-refractivity contribution >= 4 is 17.5 Å². The Bertz CT molecular complexity index is 1810. The van der Waals surface area contributed by atoms with E-state index in [1.807, 2.05) is 50.4 Å². The first kappa shape index (κ1) is 29.0. The summed E-state index contributed by atoms with van der Waals surface area (Å²) in [7, 11) is 1.71. The summed E-state index contributed by atoms with van der Waals surface area (Å²) in [5.74, 6) is -0.497. The van der Waals surface area contributed by atoms with Crippen molar-refractivity contribution in [2.45, 2.75) is 58.4 Å². The van der Waals surface area contributed by atoms with Crippen LogP contribution in [0, 0.1) is 13.8 Å². The zero-order valence-corrected chi connectivity index (χ0v) is 25.7. The lowest BCUT2D eigenvalue weighted by Crippen LogP contribution is -2.47. The predicted molar refractivity (Wildman–Crippen MR) is 171 cm³/mol. The van der Waals surface area contributed by atoms with Gasteiger partial charge in [0.15, 0.2) is 0 Å². The average Bonchev–Trinajstić information content (AvgIpc) is 3.74. The number of nitrogens with one attached hydrogen (secondary N) is 3. The lowest BCUT2D eigenvalue weighted by Gasteiger charge is -2.25. The van der Waals surface area contributed by atoms with E-state index in [1.54, 1.807) is 19.3 Å². The smallest absolute Gasteiger partial charge is 0.270 e. The molecule has 2 amide bonds. The van der Waals surface area contributed by atoms with E-state index in [4.69, 9.17) is 0 Å². The Morgan fingerprint density at radius 1 is 0.955 bits per heavy atom. The third kappa shape index (κ3) is 5.65. The highest BCUT2D eigenvalue weighted by Crippen LogP contribution is 2.39. The molecule has 5 aromatic rings. The topological polar surface area (TPSA) is 118 Å². The van der Waals surface area contributed by atoms with Crippen molar-refractivity contribution in [3.8, 4) is 22.3 Å². The zero-order chi connectivity index (χ0) is 31.0. The summed E-state index contributed by atoms with van der Waals surface area (Å²) in [6, 6.07) is 19.2. The molecule has 3 aromatic heterocycles. The number of H-pyrrole nitrogens is 1. The molecule has 0 bridgehead atoms. The predicted octanol–water partition coefficient (Wildman–Crippen LogP) is 6.08. The number of aryl methyl sites for hydroxylation is 4. The standard InChI is InChI=1S/C35H37N7O2/c1-20(2)30-19-26(14-16-36-30)25-7-6-23-10-13-28(29(23)18-25)33(39-34(43)31-15-17-37-42(31)5)35(44)38-27-11-8-24(9-12-27)32-21(3)40-41-22(32)4/h6-9,11-12,14-20,28,33H,10,13H2,1-5H3,(H,38,44)(H,39,43)(H,40,41)/t28-,33+/m1/s1. The molecule has 9 nitrogen and oxygen atoms in total. The van der Waals surface area contributed by atoms with E-state index < -0.39 is 6.04 Å². The number of hydrogen-bond acceptors (Lipinski definition) is 5. The monoisotopic (exact) mass is 587 g/mol. The van der Waals surface area contributed by atoms with Crippen LogP contribution in [0.5, 0.6) is 0 Å². The van der Waals surface area contributed by atoms with Gasteiger partial charge in [-0.05, 0) is 90.8 Å².